The van der Waals surface area contributed by atoms with E-state index in [0.717, 1.165) is 0 Å². The molecular weight excluding hydrogens is 145 g/mol. The van der Waals surface area contributed by atoms with Crippen LogP contribution in [0.3, 0.4) is 0 Å². The summed E-state index contributed by atoms with van der Waals surface area (Å²) >= 11 is 0. The summed E-state index contributed by atoms with van der Waals surface area (Å²) in [5.74, 6) is 0. The van der Waals surface area contributed by atoms with Crippen LogP contribution in [0.5, 0.6) is 0 Å². The zero-order valence-corrected chi connectivity index (χ0v) is 8.40. The zero-order chi connectivity index (χ0) is 8.53. The molecule has 0 radical (unpaired) electrons. The first-order valence-corrected chi connectivity index (χ1v) is 4.92. The Morgan fingerprint density at radius 1 is 0.833 bits per heavy atom. The summed E-state index contributed by atoms with van der Waals surface area (Å²) in [6, 6.07) is 0. The monoisotopic (exact) mass is 171 g/mol. The fourth-order valence-electron chi connectivity index (χ4n) is 1.21. The molecule has 0 heterocycles. The molecule has 0 saturated carbocycles. The maximum absolute atomic E-state index is 2.26. The first kappa shape index (κ1) is 14.5. The Kier molecular flexibility index (Phi) is 13.4. The third-order valence-electron chi connectivity index (χ3n) is 1.96. The van der Waals surface area contributed by atoms with E-state index < -0.39 is 0 Å². The van der Waals surface area contributed by atoms with Crippen LogP contribution in [0.2, 0.25) is 0 Å². The Morgan fingerprint density at radius 3 is 1.83 bits per heavy atom. The highest BCUT2D eigenvalue weighted by molar-refractivity contribution is 5.75. The highest BCUT2D eigenvalue weighted by atomic mass is 15.0. The minimum Gasteiger partial charge on any atom is -0.309 e. The fourth-order valence-corrected chi connectivity index (χ4v) is 1.21. The van der Waals surface area contributed by atoms with Gasteiger partial charge in [0, 0.05) is 0 Å². The predicted molar refractivity (Wildman–Crippen MR) is 61.9 cm³/mol. The van der Waals surface area contributed by atoms with Crippen molar-refractivity contribution in [2.45, 2.75) is 45.4 Å². The molecule has 0 amide bonds. The van der Waals surface area contributed by atoms with Crippen LogP contribution in [0.4, 0.5) is 0 Å². The molecule has 0 rings (SSSR count). The Balaban J connectivity index is 0. The standard InChI is InChI=1S/C10H23N.BH3/c1-4-5-6-7-8-9-10-11(2)3;/h4-10H2,1-3H3;1H3. The molecule has 0 bridgehead atoms. The first-order valence-electron chi connectivity index (χ1n) is 4.92. The lowest BCUT2D eigenvalue weighted by molar-refractivity contribution is 0.389. The van der Waals surface area contributed by atoms with Crippen molar-refractivity contribution in [1.82, 2.24) is 4.90 Å². The van der Waals surface area contributed by atoms with Gasteiger partial charge in [0.1, 0.15) is 0 Å². The molecule has 0 atom stereocenters. The van der Waals surface area contributed by atoms with Gasteiger partial charge in [-0.25, -0.2) is 0 Å². The second-order valence-corrected chi connectivity index (χ2v) is 3.57. The maximum atomic E-state index is 2.26. The zero-order valence-electron chi connectivity index (χ0n) is 8.40. The molecule has 0 aromatic carbocycles. The lowest BCUT2D eigenvalue weighted by Crippen LogP contribution is -2.12. The molecule has 0 aliphatic carbocycles. The summed E-state index contributed by atoms with van der Waals surface area (Å²) in [6.45, 7) is 3.52. The largest absolute Gasteiger partial charge is 0.309 e. The summed E-state index contributed by atoms with van der Waals surface area (Å²) in [4.78, 5) is 2.26. The van der Waals surface area contributed by atoms with E-state index in [-0.39, 0.29) is 8.41 Å². The molecule has 12 heavy (non-hydrogen) atoms. The van der Waals surface area contributed by atoms with Gasteiger partial charge in [-0.15, -0.1) is 0 Å². The van der Waals surface area contributed by atoms with Gasteiger partial charge in [0.2, 0.25) is 0 Å². The quantitative estimate of drug-likeness (QED) is 0.416. The molecule has 2 heteroatoms. The minimum atomic E-state index is 0. The lowest BCUT2D eigenvalue weighted by Gasteiger charge is -2.08. The molecule has 1 nitrogen and oxygen atoms in total. The number of nitrogens with zero attached hydrogens (tertiary/aromatic N) is 1. The molecule has 0 aromatic rings. The average molecular weight is 171 g/mol. The third-order valence-corrected chi connectivity index (χ3v) is 1.96. The van der Waals surface area contributed by atoms with Crippen LogP contribution >= 0.6 is 0 Å². The first-order chi connectivity index (χ1) is 5.27. The minimum absolute atomic E-state index is 0. The van der Waals surface area contributed by atoms with Crippen molar-refractivity contribution < 1.29 is 0 Å². The van der Waals surface area contributed by atoms with Crippen molar-refractivity contribution >= 4 is 8.41 Å². The molecule has 0 saturated heterocycles. The van der Waals surface area contributed by atoms with Crippen LogP contribution in [-0.4, -0.2) is 34.0 Å². The highest BCUT2D eigenvalue weighted by Crippen LogP contribution is 2.04. The van der Waals surface area contributed by atoms with E-state index in [9.17, 15) is 0 Å². The summed E-state index contributed by atoms with van der Waals surface area (Å²) in [6.07, 6.45) is 8.43. The van der Waals surface area contributed by atoms with Gasteiger partial charge in [-0.3, -0.25) is 0 Å². The Hall–Kier alpha value is 0.0249. The molecule has 0 spiro atoms. The van der Waals surface area contributed by atoms with E-state index in [0.29, 0.717) is 0 Å². The van der Waals surface area contributed by atoms with E-state index >= 15 is 0 Å². The number of hydrogen-bond donors (Lipinski definition) is 0. The van der Waals surface area contributed by atoms with E-state index in [1.807, 2.05) is 0 Å². The Morgan fingerprint density at radius 2 is 1.33 bits per heavy atom. The molecule has 0 aromatic heterocycles. The summed E-state index contributed by atoms with van der Waals surface area (Å²) < 4.78 is 0. The van der Waals surface area contributed by atoms with Gasteiger partial charge in [0.15, 0.2) is 0 Å². The summed E-state index contributed by atoms with van der Waals surface area (Å²) in [5.41, 5.74) is 0. The molecule has 0 aliphatic rings. The smallest absolute Gasteiger partial charge is 0.0814 e. The normalized spacial score (nSPS) is 10.0. The van der Waals surface area contributed by atoms with Gasteiger partial charge in [-0.1, -0.05) is 39.0 Å². The van der Waals surface area contributed by atoms with Crippen molar-refractivity contribution in [2.24, 2.45) is 0 Å². The van der Waals surface area contributed by atoms with Gasteiger partial charge in [0.05, 0.1) is 8.41 Å². The van der Waals surface area contributed by atoms with E-state index in [2.05, 4.69) is 25.9 Å². The lowest BCUT2D eigenvalue weighted by atomic mass is 10.1. The number of hydrogen-bond acceptors (Lipinski definition) is 1. The molecule has 74 valence electrons. The van der Waals surface area contributed by atoms with Crippen molar-refractivity contribution in [3.63, 3.8) is 0 Å². The van der Waals surface area contributed by atoms with Crippen LogP contribution in [-0.2, 0) is 0 Å². The Bertz CT molecular complexity index is 74.2. The Labute approximate surface area is 80.1 Å². The van der Waals surface area contributed by atoms with Crippen LogP contribution in [0.25, 0.3) is 0 Å². The van der Waals surface area contributed by atoms with Crippen molar-refractivity contribution in [3.05, 3.63) is 0 Å². The highest BCUT2D eigenvalue weighted by Gasteiger charge is 1.90. The fraction of sp³-hybridized carbons (Fsp3) is 1.00. The predicted octanol–water partition coefficient (Wildman–Crippen LogP) is 1.72. The summed E-state index contributed by atoms with van der Waals surface area (Å²) in [7, 11) is 4.29. The van der Waals surface area contributed by atoms with Gasteiger partial charge in [0.25, 0.3) is 0 Å². The van der Waals surface area contributed by atoms with E-state index in [1.54, 1.807) is 0 Å². The van der Waals surface area contributed by atoms with E-state index in [1.165, 1.54) is 45.1 Å². The van der Waals surface area contributed by atoms with Gasteiger partial charge in [-0.2, -0.15) is 0 Å². The van der Waals surface area contributed by atoms with Crippen molar-refractivity contribution in [3.8, 4) is 0 Å². The molecule has 0 unspecified atom stereocenters. The van der Waals surface area contributed by atoms with Crippen LogP contribution in [0, 0.1) is 0 Å². The SMILES string of the molecule is B.CCCCCCCCN(C)C. The maximum Gasteiger partial charge on any atom is 0.0814 e. The van der Waals surface area contributed by atoms with Crippen LogP contribution in [0.15, 0.2) is 0 Å². The third kappa shape index (κ3) is 12.7. The van der Waals surface area contributed by atoms with Gasteiger partial charge < -0.3 is 4.90 Å². The van der Waals surface area contributed by atoms with Crippen LogP contribution < -0.4 is 0 Å². The van der Waals surface area contributed by atoms with Gasteiger partial charge in [-0.05, 0) is 27.1 Å². The second kappa shape index (κ2) is 11.0. The number of rotatable bonds is 7. The molecule has 0 fully saturated rings. The average Bonchev–Trinajstić information content (AvgIpc) is 1.96. The molecule has 0 aliphatic heterocycles. The van der Waals surface area contributed by atoms with Crippen molar-refractivity contribution in [1.29, 1.82) is 0 Å². The van der Waals surface area contributed by atoms with Crippen LogP contribution in [0.1, 0.15) is 45.4 Å². The van der Waals surface area contributed by atoms with Gasteiger partial charge >= 0.3 is 0 Å². The molecular formula is C10H26BN. The summed E-state index contributed by atoms with van der Waals surface area (Å²) in [5, 5.41) is 0. The topological polar surface area (TPSA) is 3.24 Å². The number of unbranched alkanes of at least 4 members (excludes halogenated alkanes) is 5. The second-order valence-electron chi connectivity index (χ2n) is 3.57. The van der Waals surface area contributed by atoms with Crippen molar-refractivity contribution in [2.75, 3.05) is 20.6 Å². The molecule has 0 N–H and O–H groups in total. The van der Waals surface area contributed by atoms with E-state index in [4.69, 9.17) is 0 Å².